The van der Waals surface area contributed by atoms with Gasteiger partial charge >= 0.3 is 0 Å². The second-order valence-electron chi connectivity index (χ2n) is 5.32. The summed E-state index contributed by atoms with van der Waals surface area (Å²) in [5, 5.41) is 3.22. The van der Waals surface area contributed by atoms with Crippen LogP contribution in [-0.2, 0) is 4.74 Å². The molecular weight excluding hydrogens is 338 g/mol. The molecular formula is C17H15ClF2N2O2. The van der Waals surface area contributed by atoms with E-state index in [2.05, 4.69) is 5.32 Å². The van der Waals surface area contributed by atoms with Crippen LogP contribution >= 0.6 is 11.6 Å². The molecule has 2 aromatic carbocycles. The molecule has 2 aromatic rings. The maximum Gasteiger partial charge on any atom is 0.255 e. The fraction of sp³-hybridized carbons (Fsp3) is 0.235. The third-order valence-electron chi connectivity index (χ3n) is 3.74. The van der Waals surface area contributed by atoms with Gasteiger partial charge in [0, 0.05) is 18.7 Å². The van der Waals surface area contributed by atoms with Crippen LogP contribution in [0.15, 0.2) is 36.4 Å². The van der Waals surface area contributed by atoms with E-state index in [4.69, 9.17) is 16.3 Å². The summed E-state index contributed by atoms with van der Waals surface area (Å²) in [4.78, 5) is 14.4. The highest BCUT2D eigenvalue weighted by Crippen LogP contribution is 2.34. The molecule has 0 radical (unpaired) electrons. The van der Waals surface area contributed by atoms with E-state index in [0.717, 1.165) is 12.1 Å². The first-order valence-electron chi connectivity index (χ1n) is 7.44. The number of rotatable bonds is 3. The molecule has 0 unspecified atom stereocenters. The summed E-state index contributed by atoms with van der Waals surface area (Å²) in [6, 6.07) is 8.18. The van der Waals surface area contributed by atoms with E-state index >= 15 is 0 Å². The Morgan fingerprint density at radius 1 is 1.12 bits per heavy atom. The zero-order valence-corrected chi connectivity index (χ0v) is 13.4. The molecule has 7 heteroatoms. The molecule has 1 fully saturated rings. The Hall–Kier alpha value is -2.18. The van der Waals surface area contributed by atoms with Crippen LogP contribution in [0.5, 0.6) is 0 Å². The summed E-state index contributed by atoms with van der Waals surface area (Å²) in [6.07, 6.45) is 0. The molecule has 1 amide bonds. The van der Waals surface area contributed by atoms with E-state index in [0.29, 0.717) is 42.7 Å². The zero-order chi connectivity index (χ0) is 17.1. The predicted molar refractivity (Wildman–Crippen MR) is 88.8 cm³/mol. The minimum absolute atomic E-state index is 0.0294. The molecule has 24 heavy (non-hydrogen) atoms. The van der Waals surface area contributed by atoms with Crippen molar-refractivity contribution in [2.24, 2.45) is 0 Å². The number of ether oxygens (including phenoxy) is 1. The molecule has 0 atom stereocenters. The van der Waals surface area contributed by atoms with E-state index < -0.39 is 17.5 Å². The Morgan fingerprint density at radius 3 is 2.58 bits per heavy atom. The van der Waals surface area contributed by atoms with E-state index in [1.165, 1.54) is 6.07 Å². The average molecular weight is 353 g/mol. The Labute approximate surface area is 143 Å². The SMILES string of the molecule is O=C(Nc1cccc(Cl)c1N1CCOCC1)c1ccc(F)c(F)c1. The number of carbonyl (C=O) groups excluding carboxylic acids is 1. The van der Waals surface area contributed by atoms with Crippen molar-refractivity contribution in [3.05, 3.63) is 58.6 Å². The van der Waals surface area contributed by atoms with Crippen LogP contribution < -0.4 is 10.2 Å². The topological polar surface area (TPSA) is 41.6 Å². The van der Waals surface area contributed by atoms with Gasteiger partial charge in [0.15, 0.2) is 11.6 Å². The zero-order valence-electron chi connectivity index (χ0n) is 12.7. The lowest BCUT2D eigenvalue weighted by atomic mass is 10.1. The van der Waals surface area contributed by atoms with E-state index in [9.17, 15) is 13.6 Å². The average Bonchev–Trinajstić information content (AvgIpc) is 2.58. The Morgan fingerprint density at radius 2 is 1.88 bits per heavy atom. The van der Waals surface area contributed by atoms with Gasteiger partial charge < -0.3 is 15.0 Å². The lowest BCUT2D eigenvalue weighted by molar-refractivity contribution is 0.102. The number of hydrogen-bond donors (Lipinski definition) is 1. The molecule has 0 spiro atoms. The molecule has 1 aliphatic heterocycles. The van der Waals surface area contributed by atoms with Gasteiger partial charge in [-0.1, -0.05) is 17.7 Å². The van der Waals surface area contributed by atoms with Crippen LogP contribution in [0.2, 0.25) is 5.02 Å². The van der Waals surface area contributed by atoms with Gasteiger partial charge in [-0.15, -0.1) is 0 Å². The van der Waals surface area contributed by atoms with Gasteiger partial charge in [0.1, 0.15) is 0 Å². The number of halogens is 3. The number of para-hydroxylation sites is 1. The molecule has 126 valence electrons. The number of amides is 1. The first-order chi connectivity index (χ1) is 11.6. The molecule has 1 N–H and O–H groups in total. The lowest BCUT2D eigenvalue weighted by Gasteiger charge is -2.31. The van der Waals surface area contributed by atoms with Crippen LogP contribution in [0.4, 0.5) is 20.2 Å². The van der Waals surface area contributed by atoms with Crippen molar-refractivity contribution in [1.82, 2.24) is 0 Å². The second-order valence-corrected chi connectivity index (χ2v) is 5.73. The Balaban J connectivity index is 1.87. The number of anilines is 2. The van der Waals surface area contributed by atoms with Crippen LogP contribution in [0.3, 0.4) is 0 Å². The molecule has 1 saturated heterocycles. The monoisotopic (exact) mass is 352 g/mol. The molecule has 0 saturated carbocycles. The number of nitrogens with zero attached hydrogens (tertiary/aromatic N) is 1. The molecule has 1 heterocycles. The highest BCUT2D eigenvalue weighted by molar-refractivity contribution is 6.34. The van der Waals surface area contributed by atoms with Crippen molar-refractivity contribution < 1.29 is 18.3 Å². The van der Waals surface area contributed by atoms with Gasteiger partial charge in [-0.05, 0) is 30.3 Å². The minimum atomic E-state index is -1.07. The van der Waals surface area contributed by atoms with Gasteiger partial charge in [-0.2, -0.15) is 0 Å². The number of carbonyl (C=O) groups is 1. The maximum absolute atomic E-state index is 13.3. The number of hydrogen-bond acceptors (Lipinski definition) is 3. The molecule has 4 nitrogen and oxygen atoms in total. The highest BCUT2D eigenvalue weighted by Gasteiger charge is 2.19. The quantitative estimate of drug-likeness (QED) is 0.915. The maximum atomic E-state index is 13.3. The minimum Gasteiger partial charge on any atom is -0.378 e. The fourth-order valence-electron chi connectivity index (χ4n) is 2.56. The van der Waals surface area contributed by atoms with E-state index in [1.54, 1.807) is 18.2 Å². The number of morpholine rings is 1. The number of benzene rings is 2. The first kappa shape index (κ1) is 16.7. The Kier molecular flexibility index (Phi) is 4.97. The molecule has 0 aromatic heterocycles. The molecule has 0 aliphatic carbocycles. The third-order valence-corrected chi connectivity index (χ3v) is 4.05. The summed E-state index contributed by atoms with van der Waals surface area (Å²) < 4.78 is 31.6. The third kappa shape index (κ3) is 3.49. The summed E-state index contributed by atoms with van der Waals surface area (Å²) in [7, 11) is 0. The molecule has 3 rings (SSSR count). The van der Waals surface area contributed by atoms with Crippen molar-refractivity contribution in [3.63, 3.8) is 0 Å². The van der Waals surface area contributed by atoms with Gasteiger partial charge in [-0.25, -0.2) is 8.78 Å². The van der Waals surface area contributed by atoms with Crippen LogP contribution in [0, 0.1) is 11.6 Å². The summed E-state index contributed by atoms with van der Waals surface area (Å²) in [5.74, 6) is -2.60. The van der Waals surface area contributed by atoms with Crippen molar-refractivity contribution in [2.45, 2.75) is 0 Å². The largest absolute Gasteiger partial charge is 0.378 e. The lowest BCUT2D eigenvalue weighted by Crippen LogP contribution is -2.37. The molecule has 0 bridgehead atoms. The van der Waals surface area contributed by atoms with Gasteiger partial charge in [-0.3, -0.25) is 4.79 Å². The van der Waals surface area contributed by atoms with E-state index in [1.807, 2.05) is 4.90 Å². The highest BCUT2D eigenvalue weighted by atomic mass is 35.5. The summed E-state index contributed by atoms with van der Waals surface area (Å²) >= 11 is 6.29. The van der Waals surface area contributed by atoms with Crippen molar-refractivity contribution in [3.8, 4) is 0 Å². The predicted octanol–water partition coefficient (Wildman–Crippen LogP) is 3.71. The smallest absolute Gasteiger partial charge is 0.255 e. The van der Waals surface area contributed by atoms with Crippen LogP contribution in [0.25, 0.3) is 0 Å². The number of nitrogens with one attached hydrogen (secondary N) is 1. The van der Waals surface area contributed by atoms with Crippen LogP contribution in [0.1, 0.15) is 10.4 Å². The van der Waals surface area contributed by atoms with Gasteiger partial charge in [0.25, 0.3) is 5.91 Å². The normalized spacial score (nSPS) is 14.5. The van der Waals surface area contributed by atoms with Gasteiger partial charge in [0.05, 0.1) is 29.6 Å². The van der Waals surface area contributed by atoms with E-state index in [-0.39, 0.29) is 5.56 Å². The van der Waals surface area contributed by atoms with Crippen molar-refractivity contribution in [1.29, 1.82) is 0 Å². The summed E-state index contributed by atoms with van der Waals surface area (Å²) in [6.45, 7) is 2.44. The van der Waals surface area contributed by atoms with Crippen molar-refractivity contribution in [2.75, 3.05) is 36.5 Å². The first-order valence-corrected chi connectivity index (χ1v) is 7.81. The second kappa shape index (κ2) is 7.15. The standard InChI is InChI=1S/C17H15ClF2N2O2/c18-12-2-1-3-15(16(12)22-6-8-24-9-7-22)21-17(23)11-4-5-13(19)14(20)10-11/h1-5,10H,6-9H2,(H,21,23). The van der Waals surface area contributed by atoms with Gasteiger partial charge in [0.2, 0.25) is 0 Å². The summed E-state index contributed by atoms with van der Waals surface area (Å²) in [5.41, 5.74) is 1.24. The Bertz CT molecular complexity index is 764. The molecule has 1 aliphatic rings. The van der Waals surface area contributed by atoms with Crippen molar-refractivity contribution >= 4 is 28.9 Å². The fourth-order valence-corrected chi connectivity index (χ4v) is 2.85. The van der Waals surface area contributed by atoms with Crippen LogP contribution in [-0.4, -0.2) is 32.2 Å².